The van der Waals surface area contributed by atoms with Crippen molar-refractivity contribution in [1.29, 1.82) is 0 Å². The summed E-state index contributed by atoms with van der Waals surface area (Å²) in [6.45, 7) is 2.82. The second kappa shape index (κ2) is 70.9. The monoisotopic (exact) mass is 1430 g/mol. The zero-order chi connectivity index (χ0) is 73.0. The highest BCUT2D eigenvalue weighted by molar-refractivity contribution is 5.76. The number of aliphatic hydroxyl groups is 8. The van der Waals surface area contributed by atoms with Crippen molar-refractivity contribution in [3.05, 3.63) is 48.6 Å². The molecule has 12 atom stereocenters. The van der Waals surface area contributed by atoms with E-state index in [9.17, 15) is 45.6 Å². The van der Waals surface area contributed by atoms with Gasteiger partial charge in [0.25, 0.3) is 0 Å². The van der Waals surface area contributed by atoms with E-state index in [-0.39, 0.29) is 12.5 Å². The van der Waals surface area contributed by atoms with E-state index in [4.69, 9.17) is 18.9 Å². The molecule has 0 saturated carbocycles. The third-order valence-electron chi connectivity index (χ3n) is 21.3. The van der Waals surface area contributed by atoms with Gasteiger partial charge < -0.3 is 65.1 Å². The van der Waals surface area contributed by atoms with Crippen LogP contribution in [0.25, 0.3) is 0 Å². The fraction of sp³-hybridized carbons (Fsp3) is 0.897. The van der Waals surface area contributed by atoms with Gasteiger partial charge in [0.05, 0.1) is 32.0 Å². The lowest BCUT2D eigenvalue weighted by Gasteiger charge is -2.46. The summed E-state index contributed by atoms with van der Waals surface area (Å²) in [5.41, 5.74) is 0. The van der Waals surface area contributed by atoms with Gasteiger partial charge in [-0.15, -0.1) is 0 Å². The molecule has 2 heterocycles. The molecule has 0 aromatic heterocycles. The summed E-state index contributed by atoms with van der Waals surface area (Å²) in [7, 11) is 0. The SMILES string of the molecule is CC/C=C\C/C=C\C/C=C\C/C=C\CCCCCCCCCCCCCCCCCCCCCCCCCCCCC(=O)NC(COC1OC(CO)C(OC2OC(CO)C(O)C(O)C2O)C(O)C1O)C(O)CCCCCCCCCCCCCCCCCCCCCCCCCCCCCC. The van der Waals surface area contributed by atoms with Gasteiger partial charge in [0.1, 0.15) is 48.8 Å². The molecular formula is C87H163NO13. The molecule has 2 rings (SSSR count). The Morgan fingerprint density at radius 2 is 0.683 bits per heavy atom. The number of amides is 1. The van der Waals surface area contributed by atoms with Crippen LogP contribution in [0, 0.1) is 0 Å². The minimum atomic E-state index is -1.78. The van der Waals surface area contributed by atoms with Crippen LogP contribution in [0.5, 0.6) is 0 Å². The van der Waals surface area contributed by atoms with Gasteiger partial charge in [-0.2, -0.15) is 0 Å². The second-order valence-electron chi connectivity index (χ2n) is 30.6. The third kappa shape index (κ3) is 53.4. The van der Waals surface area contributed by atoms with E-state index in [1.807, 2.05) is 0 Å². The highest BCUT2D eigenvalue weighted by Crippen LogP contribution is 2.31. The van der Waals surface area contributed by atoms with E-state index in [2.05, 4.69) is 67.8 Å². The molecule has 1 amide bonds. The minimum Gasteiger partial charge on any atom is -0.394 e. The Bertz CT molecular complexity index is 1880. The van der Waals surface area contributed by atoms with Crippen molar-refractivity contribution in [1.82, 2.24) is 5.32 Å². The van der Waals surface area contributed by atoms with E-state index < -0.39 is 86.8 Å². The lowest BCUT2D eigenvalue weighted by Crippen LogP contribution is -2.65. The number of nitrogens with one attached hydrogen (secondary N) is 1. The maximum Gasteiger partial charge on any atom is 0.220 e. The first-order valence-corrected chi connectivity index (χ1v) is 43.4. The summed E-state index contributed by atoms with van der Waals surface area (Å²) in [4.78, 5) is 13.4. The van der Waals surface area contributed by atoms with E-state index in [0.717, 1.165) is 77.0 Å². The van der Waals surface area contributed by atoms with Crippen molar-refractivity contribution in [3.63, 3.8) is 0 Å². The molecule has 2 saturated heterocycles. The molecule has 0 radical (unpaired) electrons. The summed E-state index contributed by atoms with van der Waals surface area (Å²) in [5.74, 6) is -0.197. The lowest BCUT2D eigenvalue weighted by molar-refractivity contribution is -0.359. The molecule has 0 aromatic carbocycles. The first kappa shape index (κ1) is 95.0. The van der Waals surface area contributed by atoms with Gasteiger partial charge in [0, 0.05) is 6.42 Å². The van der Waals surface area contributed by atoms with Gasteiger partial charge in [0.2, 0.25) is 5.91 Å². The molecule has 0 aromatic rings. The van der Waals surface area contributed by atoms with E-state index in [1.165, 1.54) is 302 Å². The van der Waals surface area contributed by atoms with Crippen LogP contribution in [0.2, 0.25) is 0 Å². The Hall–Kier alpha value is -2.05. The molecule has 594 valence electrons. The van der Waals surface area contributed by atoms with E-state index in [1.54, 1.807) is 0 Å². The van der Waals surface area contributed by atoms with Crippen LogP contribution in [-0.4, -0.2) is 140 Å². The third-order valence-corrected chi connectivity index (χ3v) is 21.3. The van der Waals surface area contributed by atoms with Crippen LogP contribution in [0.1, 0.15) is 406 Å². The molecule has 0 aliphatic carbocycles. The largest absolute Gasteiger partial charge is 0.394 e. The number of ether oxygens (including phenoxy) is 4. The highest BCUT2D eigenvalue weighted by Gasteiger charge is 2.51. The number of aliphatic hydroxyl groups excluding tert-OH is 8. The maximum absolute atomic E-state index is 13.4. The molecule has 0 spiro atoms. The number of hydrogen-bond donors (Lipinski definition) is 9. The summed E-state index contributed by atoms with van der Waals surface area (Å²) in [6, 6.07) is -0.829. The van der Waals surface area contributed by atoms with Gasteiger partial charge in [-0.1, -0.05) is 396 Å². The molecule has 14 heteroatoms. The summed E-state index contributed by atoms with van der Waals surface area (Å²) in [5, 5.41) is 88.0. The predicted octanol–water partition coefficient (Wildman–Crippen LogP) is 20.5. The van der Waals surface area contributed by atoms with Crippen molar-refractivity contribution in [2.24, 2.45) is 0 Å². The number of carbonyl (C=O) groups is 1. The average molecular weight is 1430 g/mol. The highest BCUT2D eigenvalue weighted by atomic mass is 16.7. The van der Waals surface area contributed by atoms with Gasteiger partial charge in [-0.05, 0) is 51.4 Å². The Morgan fingerprint density at radius 1 is 0.366 bits per heavy atom. The molecule has 9 N–H and O–H groups in total. The van der Waals surface area contributed by atoms with Crippen LogP contribution in [0.4, 0.5) is 0 Å². The first-order valence-electron chi connectivity index (χ1n) is 43.4. The molecule has 14 nitrogen and oxygen atoms in total. The Labute approximate surface area is 620 Å². The summed E-state index contributed by atoms with van der Waals surface area (Å²) in [6.07, 6.45) is 78.9. The Morgan fingerprint density at radius 3 is 1.05 bits per heavy atom. The molecule has 101 heavy (non-hydrogen) atoms. The van der Waals surface area contributed by atoms with Crippen molar-refractivity contribution < 1.29 is 64.6 Å². The van der Waals surface area contributed by atoms with Crippen molar-refractivity contribution in [2.45, 2.75) is 479 Å². The van der Waals surface area contributed by atoms with E-state index in [0.29, 0.717) is 12.8 Å². The molecule has 12 unspecified atom stereocenters. The molecule has 2 aliphatic rings. The minimum absolute atomic E-state index is 0.197. The maximum atomic E-state index is 13.4. The van der Waals surface area contributed by atoms with Crippen LogP contribution in [-0.2, 0) is 23.7 Å². The zero-order valence-electron chi connectivity index (χ0n) is 65.4. The normalized spacial score (nSPS) is 21.9. The summed E-state index contributed by atoms with van der Waals surface area (Å²) < 4.78 is 23.0. The number of allylic oxidation sites excluding steroid dienone is 8. The van der Waals surface area contributed by atoms with Gasteiger partial charge in [-0.25, -0.2) is 0 Å². The Balaban J connectivity index is 1.55. The average Bonchev–Trinajstić information content (AvgIpc) is 0.790. The quantitative estimate of drug-likeness (QED) is 0.0204. The molecule has 2 fully saturated rings. The molecular weight excluding hydrogens is 1270 g/mol. The number of carbonyl (C=O) groups excluding carboxylic acids is 1. The van der Waals surface area contributed by atoms with Crippen molar-refractivity contribution in [3.8, 4) is 0 Å². The fourth-order valence-electron chi connectivity index (χ4n) is 14.5. The first-order chi connectivity index (χ1) is 49.6. The van der Waals surface area contributed by atoms with Crippen LogP contribution in [0.3, 0.4) is 0 Å². The molecule has 2 aliphatic heterocycles. The van der Waals surface area contributed by atoms with Crippen molar-refractivity contribution in [2.75, 3.05) is 19.8 Å². The standard InChI is InChI=1S/C87H163NO13/c1-3-5-7-9-11-13-15-17-19-21-23-25-27-29-31-33-34-35-36-37-38-39-40-41-42-43-45-47-49-51-53-55-57-59-61-63-65-67-69-71-79(92)88-75(74-98-86-84(97)82(95)85(78(73-90)100-86)101-87-83(96)81(94)80(93)77(72-89)99-87)76(91)70-68-66-64-62-60-58-56-54-52-50-48-46-44-32-30-28-26-24-22-20-18-16-14-12-10-8-6-4-2/h5,7,11,13,17,19,23,25,75-78,80-87,89-91,93-97H,3-4,6,8-10,12,14-16,18,20-22,24,26-74H2,1-2H3,(H,88,92)/b7-5-,13-11-,19-17-,25-23-. The number of hydrogen-bond acceptors (Lipinski definition) is 13. The zero-order valence-corrected chi connectivity index (χ0v) is 65.4. The number of unbranched alkanes of at least 4 members (excludes halogenated alkanes) is 53. The fourth-order valence-corrected chi connectivity index (χ4v) is 14.5. The Kier molecular flexibility index (Phi) is 66.7. The molecule has 0 bridgehead atoms. The number of rotatable bonds is 74. The predicted molar refractivity (Wildman–Crippen MR) is 420 cm³/mol. The summed E-state index contributed by atoms with van der Waals surface area (Å²) >= 11 is 0. The lowest BCUT2D eigenvalue weighted by atomic mass is 9.97. The van der Waals surface area contributed by atoms with Crippen molar-refractivity contribution >= 4 is 5.91 Å². The van der Waals surface area contributed by atoms with Gasteiger partial charge in [0.15, 0.2) is 12.6 Å². The van der Waals surface area contributed by atoms with Gasteiger partial charge in [-0.3, -0.25) is 4.79 Å². The van der Waals surface area contributed by atoms with E-state index >= 15 is 0 Å². The van der Waals surface area contributed by atoms with Crippen LogP contribution >= 0.6 is 0 Å². The smallest absolute Gasteiger partial charge is 0.220 e. The van der Waals surface area contributed by atoms with Crippen LogP contribution in [0.15, 0.2) is 48.6 Å². The van der Waals surface area contributed by atoms with Crippen LogP contribution < -0.4 is 5.32 Å². The second-order valence-corrected chi connectivity index (χ2v) is 30.6. The van der Waals surface area contributed by atoms with Gasteiger partial charge >= 0.3 is 0 Å². The topological polar surface area (TPSA) is 228 Å².